The Bertz CT molecular complexity index is 834. The first-order chi connectivity index (χ1) is 13.4. The summed E-state index contributed by atoms with van der Waals surface area (Å²) in [5.74, 6) is -0.201. The van der Waals surface area contributed by atoms with Gasteiger partial charge >= 0.3 is 0 Å². The second-order valence-corrected chi connectivity index (χ2v) is 9.18. The van der Waals surface area contributed by atoms with Gasteiger partial charge in [-0.05, 0) is 44.2 Å². The number of carbonyl (C=O) groups is 1. The van der Waals surface area contributed by atoms with Gasteiger partial charge < -0.3 is 10.6 Å². The molecule has 0 unspecified atom stereocenters. The van der Waals surface area contributed by atoms with Gasteiger partial charge in [0.2, 0.25) is 15.9 Å². The van der Waals surface area contributed by atoms with Gasteiger partial charge in [-0.15, -0.1) is 0 Å². The van der Waals surface area contributed by atoms with Crippen molar-refractivity contribution in [1.82, 2.24) is 9.62 Å². The molecule has 2 aliphatic rings. The lowest BCUT2D eigenvalue weighted by Gasteiger charge is -2.21. The number of anilines is 1. The van der Waals surface area contributed by atoms with Gasteiger partial charge in [0, 0.05) is 25.7 Å². The van der Waals surface area contributed by atoms with Crippen LogP contribution in [0.5, 0.6) is 0 Å². The van der Waals surface area contributed by atoms with E-state index in [-0.39, 0.29) is 22.2 Å². The molecule has 10 heteroatoms. The fourth-order valence-corrected chi connectivity index (χ4v) is 5.18. The van der Waals surface area contributed by atoms with Gasteiger partial charge in [-0.1, -0.05) is 12.8 Å². The van der Waals surface area contributed by atoms with Crippen molar-refractivity contribution in [2.45, 2.75) is 55.9 Å². The lowest BCUT2D eigenvalue weighted by atomic mass is 10.1. The Labute approximate surface area is 164 Å². The van der Waals surface area contributed by atoms with E-state index in [9.17, 15) is 23.3 Å². The third-order valence-corrected chi connectivity index (χ3v) is 7.13. The molecule has 0 spiro atoms. The van der Waals surface area contributed by atoms with E-state index in [1.807, 2.05) is 0 Å². The first kappa shape index (κ1) is 20.5. The van der Waals surface area contributed by atoms with Crippen LogP contribution >= 0.6 is 0 Å². The fraction of sp³-hybridized carbons (Fsp3) is 0.611. The van der Waals surface area contributed by atoms with Crippen LogP contribution < -0.4 is 10.6 Å². The van der Waals surface area contributed by atoms with E-state index in [0.717, 1.165) is 44.6 Å². The molecule has 154 valence electrons. The predicted octanol–water partition coefficient (Wildman–Crippen LogP) is 2.24. The number of amides is 1. The van der Waals surface area contributed by atoms with E-state index in [2.05, 4.69) is 10.6 Å². The average molecular weight is 410 g/mol. The fourth-order valence-electron chi connectivity index (χ4n) is 3.64. The summed E-state index contributed by atoms with van der Waals surface area (Å²) in [4.78, 5) is 23.0. The number of nitrogens with one attached hydrogen (secondary N) is 2. The Morgan fingerprint density at radius 2 is 1.82 bits per heavy atom. The molecule has 2 saturated heterocycles. The molecule has 2 N–H and O–H groups in total. The van der Waals surface area contributed by atoms with Crippen LogP contribution in [-0.4, -0.2) is 49.2 Å². The highest BCUT2D eigenvalue weighted by Gasteiger charge is 2.29. The summed E-state index contributed by atoms with van der Waals surface area (Å²) >= 11 is 0. The molecule has 1 atom stereocenters. The lowest BCUT2D eigenvalue weighted by molar-refractivity contribution is -0.384. The minimum atomic E-state index is -3.79. The molecule has 2 fully saturated rings. The molecule has 1 aromatic carbocycles. The number of hydrogen-bond donors (Lipinski definition) is 2. The third kappa shape index (κ3) is 4.61. The van der Waals surface area contributed by atoms with E-state index in [1.54, 1.807) is 0 Å². The van der Waals surface area contributed by atoms with Gasteiger partial charge in [0.25, 0.3) is 5.69 Å². The first-order valence-electron chi connectivity index (χ1n) is 9.72. The second-order valence-electron chi connectivity index (χ2n) is 7.24. The predicted molar refractivity (Wildman–Crippen MR) is 105 cm³/mol. The summed E-state index contributed by atoms with van der Waals surface area (Å²) in [6.07, 6.45) is 5.80. The molecular formula is C18H26N4O5S. The maximum absolute atomic E-state index is 12.9. The molecule has 1 aromatic rings. The van der Waals surface area contributed by atoms with Gasteiger partial charge in [0.15, 0.2) is 0 Å². The smallest absolute Gasteiger partial charge is 0.293 e. The Kier molecular flexibility index (Phi) is 6.50. The zero-order valence-electron chi connectivity index (χ0n) is 15.7. The molecule has 0 radical (unpaired) electrons. The average Bonchev–Trinajstić information content (AvgIpc) is 3.06. The van der Waals surface area contributed by atoms with Crippen molar-refractivity contribution in [3.05, 3.63) is 28.3 Å². The van der Waals surface area contributed by atoms with Crippen LogP contribution in [0.15, 0.2) is 23.1 Å². The Balaban J connectivity index is 1.88. The van der Waals surface area contributed by atoms with Crippen molar-refractivity contribution < 1.29 is 18.1 Å². The van der Waals surface area contributed by atoms with Crippen molar-refractivity contribution >= 4 is 27.3 Å². The number of sulfonamides is 1. The highest BCUT2D eigenvalue weighted by molar-refractivity contribution is 7.89. The van der Waals surface area contributed by atoms with Crippen LogP contribution in [0.1, 0.15) is 44.9 Å². The standard InChI is InChI=1S/C18H26N4O5S/c23-18-16(7-3-4-10-19-18)20-15-9-8-14(13-17(15)22(24)25)28(26,27)21-11-5-1-2-6-12-21/h8-9,13,16,20H,1-7,10-12H2,(H,19,23)/t16-/m0/s1. The van der Waals surface area contributed by atoms with E-state index < -0.39 is 21.0 Å². The molecule has 2 heterocycles. The topological polar surface area (TPSA) is 122 Å². The van der Waals surface area contributed by atoms with Crippen LogP contribution in [0.3, 0.4) is 0 Å². The van der Waals surface area contributed by atoms with Crippen LogP contribution in [0.2, 0.25) is 0 Å². The first-order valence-corrected chi connectivity index (χ1v) is 11.2. The van der Waals surface area contributed by atoms with E-state index >= 15 is 0 Å². The Morgan fingerprint density at radius 3 is 2.50 bits per heavy atom. The van der Waals surface area contributed by atoms with Gasteiger partial charge in [-0.25, -0.2) is 8.42 Å². The molecule has 28 heavy (non-hydrogen) atoms. The Morgan fingerprint density at radius 1 is 1.11 bits per heavy atom. The summed E-state index contributed by atoms with van der Waals surface area (Å²) < 4.78 is 27.3. The van der Waals surface area contributed by atoms with Crippen molar-refractivity contribution in [2.75, 3.05) is 25.0 Å². The van der Waals surface area contributed by atoms with Crippen molar-refractivity contribution in [3.8, 4) is 0 Å². The highest BCUT2D eigenvalue weighted by atomic mass is 32.2. The van der Waals surface area contributed by atoms with E-state index in [4.69, 9.17) is 0 Å². The van der Waals surface area contributed by atoms with E-state index in [0.29, 0.717) is 26.1 Å². The van der Waals surface area contributed by atoms with Crippen molar-refractivity contribution in [2.24, 2.45) is 0 Å². The Hall–Kier alpha value is -2.20. The molecule has 0 bridgehead atoms. The minimum Gasteiger partial charge on any atom is -0.368 e. The van der Waals surface area contributed by atoms with Gasteiger partial charge in [-0.2, -0.15) is 4.31 Å². The monoisotopic (exact) mass is 410 g/mol. The number of carbonyl (C=O) groups excluding carboxylic acids is 1. The summed E-state index contributed by atoms with van der Waals surface area (Å²) in [5.41, 5.74) is -0.185. The van der Waals surface area contributed by atoms with Crippen LogP contribution in [0, 0.1) is 10.1 Å². The maximum atomic E-state index is 12.9. The SMILES string of the molecule is O=C1NCCCC[C@@H]1Nc1ccc(S(=O)(=O)N2CCCCCC2)cc1[N+](=O)[O-]. The quantitative estimate of drug-likeness (QED) is 0.567. The summed E-state index contributed by atoms with van der Waals surface area (Å²) in [6, 6.07) is 3.29. The van der Waals surface area contributed by atoms with Crippen LogP contribution in [-0.2, 0) is 14.8 Å². The molecule has 0 aliphatic carbocycles. The minimum absolute atomic E-state index is 0.0861. The molecular weight excluding hydrogens is 384 g/mol. The summed E-state index contributed by atoms with van der Waals surface area (Å²) in [7, 11) is -3.79. The number of nitrogens with zero attached hydrogens (tertiary/aromatic N) is 2. The zero-order valence-corrected chi connectivity index (χ0v) is 16.5. The molecule has 3 rings (SSSR count). The van der Waals surface area contributed by atoms with Gasteiger partial charge in [0.1, 0.15) is 11.7 Å². The van der Waals surface area contributed by atoms with Gasteiger partial charge in [-0.3, -0.25) is 14.9 Å². The molecule has 9 nitrogen and oxygen atoms in total. The van der Waals surface area contributed by atoms with Crippen molar-refractivity contribution in [3.63, 3.8) is 0 Å². The van der Waals surface area contributed by atoms with Gasteiger partial charge in [0.05, 0.1) is 9.82 Å². The van der Waals surface area contributed by atoms with Crippen molar-refractivity contribution in [1.29, 1.82) is 0 Å². The number of nitro groups is 1. The third-order valence-electron chi connectivity index (χ3n) is 5.23. The maximum Gasteiger partial charge on any atom is 0.293 e. The van der Waals surface area contributed by atoms with Crippen LogP contribution in [0.4, 0.5) is 11.4 Å². The summed E-state index contributed by atoms with van der Waals surface area (Å²) in [6.45, 7) is 1.45. The normalized spacial score (nSPS) is 22.0. The zero-order chi connectivity index (χ0) is 20.1. The number of hydrogen-bond acceptors (Lipinski definition) is 6. The van der Waals surface area contributed by atoms with Crippen LogP contribution in [0.25, 0.3) is 0 Å². The lowest BCUT2D eigenvalue weighted by Crippen LogP contribution is -2.38. The molecule has 0 saturated carbocycles. The molecule has 0 aromatic heterocycles. The molecule has 2 aliphatic heterocycles. The second kappa shape index (κ2) is 8.87. The number of rotatable bonds is 5. The number of nitro benzene ring substituents is 1. The molecule has 1 amide bonds. The highest BCUT2D eigenvalue weighted by Crippen LogP contribution is 2.31. The largest absolute Gasteiger partial charge is 0.368 e. The number of benzene rings is 1. The van der Waals surface area contributed by atoms with E-state index in [1.165, 1.54) is 16.4 Å². The summed E-state index contributed by atoms with van der Waals surface area (Å²) in [5, 5.41) is 17.3.